The molecule has 1 rings (SSSR count). The van der Waals surface area contributed by atoms with Crippen molar-refractivity contribution in [1.29, 1.82) is 0 Å². The lowest BCUT2D eigenvalue weighted by Gasteiger charge is -2.04. The van der Waals surface area contributed by atoms with Crippen LogP contribution in [0.15, 0.2) is 18.2 Å². The number of carbonyl (C=O) groups excluding carboxylic acids is 1. The van der Waals surface area contributed by atoms with E-state index in [1.165, 1.54) is 0 Å². The second kappa shape index (κ2) is 5.66. The van der Waals surface area contributed by atoms with Gasteiger partial charge in [0.05, 0.1) is 0 Å². The zero-order valence-corrected chi connectivity index (χ0v) is 8.65. The van der Waals surface area contributed by atoms with Gasteiger partial charge in [-0.05, 0) is 18.6 Å². The lowest BCUT2D eigenvalue weighted by atomic mass is 10.2. The van der Waals surface area contributed by atoms with Crippen LogP contribution in [0.2, 0.25) is 0 Å². The number of halogens is 3. The van der Waals surface area contributed by atoms with Crippen LogP contribution in [0.4, 0.5) is 8.78 Å². The van der Waals surface area contributed by atoms with Crippen LogP contribution in [0.25, 0.3) is 0 Å². The van der Waals surface area contributed by atoms with Gasteiger partial charge in [-0.1, -0.05) is 0 Å². The molecule has 1 amide bonds. The fraction of sp³-hybridized carbons (Fsp3) is 0.300. The summed E-state index contributed by atoms with van der Waals surface area (Å²) in [5, 5.41) is 2.50. The van der Waals surface area contributed by atoms with E-state index in [0.717, 1.165) is 18.2 Å². The zero-order chi connectivity index (χ0) is 11.3. The van der Waals surface area contributed by atoms with Gasteiger partial charge < -0.3 is 5.32 Å². The van der Waals surface area contributed by atoms with Crippen molar-refractivity contribution in [1.82, 2.24) is 5.32 Å². The Morgan fingerprint density at radius 2 is 1.87 bits per heavy atom. The van der Waals surface area contributed by atoms with E-state index in [1.807, 2.05) is 0 Å². The molecule has 0 fully saturated rings. The summed E-state index contributed by atoms with van der Waals surface area (Å²) in [5.41, 5.74) is -0.0259. The lowest BCUT2D eigenvalue weighted by molar-refractivity contribution is 0.0953. The fourth-order valence-electron chi connectivity index (χ4n) is 1.06. The first-order valence-corrected chi connectivity index (χ1v) is 4.97. The molecule has 0 heterocycles. The number of alkyl halides is 1. The second-order valence-electron chi connectivity index (χ2n) is 2.96. The number of rotatable bonds is 4. The molecule has 1 aromatic rings. The van der Waals surface area contributed by atoms with Gasteiger partial charge in [0.1, 0.15) is 11.6 Å². The largest absolute Gasteiger partial charge is 0.352 e. The molecule has 0 saturated heterocycles. The van der Waals surface area contributed by atoms with E-state index >= 15 is 0 Å². The van der Waals surface area contributed by atoms with Crippen LogP contribution in [-0.2, 0) is 0 Å². The van der Waals surface area contributed by atoms with Gasteiger partial charge in [0.25, 0.3) is 5.91 Å². The summed E-state index contributed by atoms with van der Waals surface area (Å²) in [5.74, 6) is -1.61. The minimum absolute atomic E-state index is 0.0259. The predicted molar refractivity (Wildman–Crippen MR) is 54.0 cm³/mol. The Bertz CT molecular complexity index is 337. The minimum Gasteiger partial charge on any atom is -0.352 e. The van der Waals surface area contributed by atoms with Gasteiger partial charge in [-0.3, -0.25) is 4.79 Å². The van der Waals surface area contributed by atoms with Gasteiger partial charge in [-0.2, -0.15) is 0 Å². The number of carbonyl (C=O) groups is 1. The van der Waals surface area contributed by atoms with Crippen molar-refractivity contribution in [2.75, 3.05) is 12.4 Å². The van der Waals surface area contributed by atoms with Crippen molar-refractivity contribution in [3.63, 3.8) is 0 Å². The van der Waals surface area contributed by atoms with E-state index in [2.05, 4.69) is 5.32 Å². The molecule has 0 aliphatic rings. The predicted octanol–water partition coefficient (Wildman–Crippen LogP) is 2.32. The van der Waals surface area contributed by atoms with Gasteiger partial charge in [0.2, 0.25) is 0 Å². The van der Waals surface area contributed by atoms with Gasteiger partial charge in [-0.25, -0.2) is 8.78 Å². The molecular weight excluding hydrogens is 224 g/mol. The average Bonchev–Trinajstić information content (AvgIpc) is 2.16. The number of benzene rings is 1. The highest BCUT2D eigenvalue weighted by Crippen LogP contribution is 2.07. The molecule has 5 heteroatoms. The third-order valence-corrected chi connectivity index (χ3v) is 1.99. The molecule has 0 radical (unpaired) electrons. The number of hydrogen-bond donors (Lipinski definition) is 1. The monoisotopic (exact) mass is 233 g/mol. The summed E-state index contributed by atoms with van der Waals surface area (Å²) in [6, 6.07) is 2.69. The van der Waals surface area contributed by atoms with E-state index in [9.17, 15) is 13.6 Å². The summed E-state index contributed by atoms with van der Waals surface area (Å²) >= 11 is 5.41. The molecule has 0 aliphatic heterocycles. The Hall–Kier alpha value is -1.16. The summed E-state index contributed by atoms with van der Waals surface area (Å²) in [6.07, 6.45) is 0.616. The van der Waals surface area contributed by atoms with Crippen molar-refractivity contribution in [2.24, 2.45) is 0 Å². The molecule has 0 bridgehead atoms. The van der Waals surface area contributed by atoms with Crippen LogP contribution in [0.5, 0.6) is 0 Å². The van der Waals surface area contributed by atoms with Crippen LogP contribution < -0.4 is 5.32 Å². The molecule has 0 aliphatic carbocycles. The number of hydrogen-bond acceptors (Lipinski definition) is 1. The molecule has 2 nitrogen and oxygen atoms in total. The molecule has 1 aromatic carbocycles. The first kappa shape index (κ1) is 11.9. The van der Waals surface area contributed by atoms with Crippen molar-refractivity contribution >= 4 is 17.5 Å². The summed E-state index contributed by atoms with van der Waals surface area (Å²) in [4.78, 5) is 11.3. The Labute approximate surface area is 91.2 Å². The molecule has 0 saturated carbocycles. The van der Waals surface area contributed by atoms with Crippen LogP contribution >= 0.6 is 11.6 Å². The highest BCUT2D eigenvalue weighted by molar-refractivity contribution is 6.17. The average molecular weight is 234 g/mol. The molecule has 82 valence electrons. The van der Waals surface area contributed by atoms with Gasteiger partial charge in [0.15, 0.2) is 0 Å². The summed E-state index contributed by atoms with van der Waals surface area (Å²) in [7, 11) is 0. The molecule has 1 N–H and O–H groups in total. The van der Waals surface area contributed by atoms with E-state index in [4.69, 9.17) is 11.6 Å². The number of nitrogens with one attached hydrogen (secondary N) is 1. The maximum Gasteiger partial charge on any atom is 0.251 e. The molecule has 0 atom stereocenters. The quantitative estimate of drug-likeness (QED) is 0.628. The second-order valence-corrected chi connectivity index (χ2v) is 3.33. The maximum absolute atomic E-state index is 12.7. The molecule has 15 heavy (non-hydrogen) atoms. The maximum atomic E-state index is 12.7. The summed E-state index contributed by atoms with van der Waals surface area (Å²) < 4.78 is 25.5. The van der Waals surface area contributed by atoms with E-state index in [1.54, 1.807) is 0 Å². The van der Waals surface area contributed by atoms with E-state index in [-0.39, 0.29) is 5.56 Å². The van der Waals surface area contributed by atoms with Crippen LogP contribution in [-0.4, -0.2) is 18.3 Å². The van der Waals surface area contributed by atoms with Crippen molar-refractivity contribution in [3.05, 3.63) is 35.4 Å². The van der Waals surface area contributed by atoms with Crippen LogP contribution in [0.3, 0.4) is 0 Å². The topological polar surface area (TPSA) is 29.1 Å². The Balaban J connectivity index is 2.65. The molecule has 0 unspecified atom stereocenters. The summed E-state index contributed by atoms with van der Waals surface area (Å²) in [6.45, 7) is 0.389. The van der Waals surface area contributed by atoms with Gasteiger partial charge in [-0.15, -0.1) is 11.6 Å². The first-order valence-electron chi connectivity index (χ1n) is 4.43. The Morgan fingerprint density at radius 3 is 2.40 bits per heavy atom. The van der Waals surface area contributed by atoms with E-state index < -0.39 is 17.5 Å². The van der Waals surface area contributed by atoms with Crippen LogP contribution in [0.1, 0.15) is 16.8 Å². The number of amides is 1. The smallest absolute Gasteiger partial charge is 0.251 e. The molecule has 0 spiro atoms. The Kier molecular flexibility index (Phi) is 4.49. The molecule has 0 aromatic heterocycles. The highest BCUT2D eigenvalue weighted by atomic mass is 35.5. The van der Waals surface area contributed by atoms with E-state index in [0.29, 0.717) is 18.8 Å². The van der Waals surface area contributed by atoms with Gasteiger partial charge in [0, 0.05) is 24.1 Å². The standard InChI is InChI=1S/C10H10ClF2NO/c11-2-1-3-14-10(15)7-4-8(12)6-9(13)5-7/h4-6H,1-3H2,(H,14,15). The zero-order valence-electron chi connectivity index (χ0n) is 7.90. The van der Waals surface area contributed by atoms with Crippen LogP contribution in [0, 0.1) is 11.6 Å². The minimum atomic E-state index is -0.766. The Morgan fingerprint density at radius 1 is 1.27 bits per heavy atom. The van der Waals surface area contributed by atoms with Crippen molar-refractivity contribution in [2.45, 2.75) is 6.42 Å². The fourth-order valence-corrected chi connectivity index (χ4v) is 1.19. The van der Waals surface area contributed by atoms with Crippen molar-refractivity contribution in [3.8, 4) is 0 Å². The third-order valence-electron chi connectivity index (χ3n) is 1.72. The lowest BCUT2D eigenvalue weighted by Crippen LogP contribution is -2.24. The SMILES string of the molecule is O=C(NCCCCl)c1cc(F)cc(F)c1. The highest BCUT2D eigenvalue weighted by Gasteiger charge is 2.07. The van der Waals surface area contributed by atoms with Gasteiger partial charge >= 0.3 is 0 Å². The first-order chi connectivity index (χ1) is 7.13. The third kappa shape index (κ3) is 3.83. The van der Waals surface area contributed by atoms with Crippen molar-refractivity contribution < 1.29 is 13.6 Å². The normalized spacial score (nSPS) is 10.1. The molecular formula is C10H10ClF2NO.